The van der Waals surface area contributed by atoms with Crippen molar-refractivity contribution in [3.8, 4) is 0 Å². The molecule has 0 nitrogen and oxygen atoms in total. The zero-order valence-electron chi connectivity index (χ0n) is 10.2. The number of halogens is 3. The summed E-state index contributed by atoms with van der Waals surface area (Å²) in [6, 6.07) is 13.7. The van der Waals surface area contributed by atoms with E-state index in [0.717, 1.165) is 24.5 Å². The molecular formula is C16H13F3. The van der Waals surface area contributed by atoms with Crippen molar-refractivity contribution in [1.29, 1.82) is 0 Å². The first kappa shape index (κ1) is 12.3. The third-order valence-electron chi connectivity index (χ3n) is 3.75. The molecule has 1 aliphatic rings. The molecule has 98 valence electrons. The molecule has 0 bridgehead atoms. The van der Waals surface area contributed by atoms with Crippen molar-refractivity contribution >= 4 is 0 Å². The van der Waals surface area contributed by atoms with Gasteiger partial charge in [0.25, 0.3) is 0 Å². The van der Waals surface area contributed by atoms with E-state index >= 15 is 0 Å². The highest BCUT2D eigenvalue weighted by molar-refractivity contribution is 5.43. The number of hydrogen-bond donors (Lipinski definition) is 0. The van der Waals surface area contributed by atoms with Gasteiger partial charge in [0.05, 0.1) is 5.56 Å². The van der Waals surface area contributed by atoms with Crippen LogP contribution in [-0.4, -0.2) is 0 Å². The fourth-order valence-corrected chi connectivity index (χ4v) is 2.84. The van der Waals surface area contributed by atoms with Gasteiger partial charge in [0, 0.05) is 5.92 Å². The number of aryl methyl sites for hydroxylation is 1. The third kappa shape index (κ3) is 2.25. The van der Waals surface area contributed by atoms with Crippen LogP contribution in [0.1, 0.15) is 34.6 Å². The zero-order chi connectivity index (χ0) is 13.5. The second kappa shape index (κ2) is 4.41. The highest BCUT2D eigenvalue weighted by atomic mass is 19.4. The number of hydrogen-bond acceptors (Lipinski definition) is 0. The minimum absolute atomic E-state index is 0.0958. The van der Waals surface area contributed by atoms with Gasteiger partial charge in [0.1, 0.15) is 0 Å². The molecule has 3 heteroatoms. The summed E-state index contributed by atoms with van der Waals surface area (Å²) < 4.78 is 38.3. The molecule has 0 aromatic heterocycles. The third-order valence-corrected chi connectivity index (χ3v) is 3.75. The van der Waals surface area contributed by atoms with E-state index in [-0.39, 0.29) is 5.92 Å². The van der Waals surface area contributed by atoms with Crippen molar-refractivity contribution in [3.63, 3.8) is 0 Å². The van der Waals surface area contributed by atoms with Gasteiger partial charge in [-0.3, -0.25) is 0 Å². The second-order valence-corrected chi connectivity index (χ2v) is 4.91. The lowest BCUT2D eigenvalue weighted by Gasteiger charge is -2.14. The van der Waals surface area contributed by atoms with Crippen LogP contribution in [0.2, 0.25) is 0 Å². The number of fused-ring (bicyclic) bond motifs is 1. The van der Waals surface area contributed by atoms with Gasteiger partial charge in [0.2, 0.25) is 0 Å². The first-order valence-corrected chi connectivity index (χ1v) is 6.30. The molecule has 2 aromatic carbocycles. The molecule has 3 rings (SSSR count). The van der Waals surface area contributed by atoms with Crippen LogP contribution in [0.25, 0.3) is 0 Å². The monoisotopic (exact) mass is 262 g/mol. The predicted molar refractivity (Wildman–Crippen MR) is 68.1 cm³/mol. The highest BCUT2D eigenvalue weighted by Crippen LogP contribution is 2.39. The van der Waals surface area contributed by atoms with E-state index in [0.29, 0.717) is 0 Å². The Morgan fingerprint density at radius 2 is 1.74 bits per heavy atom. The molecule has 0 aliphatic heterocycles. The molecule has 2 aromatic rings. The Bertz CT molecular complexity index is 599. The maximum atomic E-state index is 12.8. The van der Waals surface area contributed by atoms with Crippen molar-refractivity contribution in [2.45, 2.75) is 24.9 Å². The minimum Gasteiger partial charge on any atom is -0.166 e. The van der Waals surface area contributed by atoms with Crippen molar-refractivity contribution < 1.29 is 13.2 Å². The molecule has 1 aliphatic carbocycles. The van der Waals surface area contributed by atoms with E-state index in [2.05, 4.69) is 6.07 Å². The van der Waals surface area contributed by atoms with E-state index < -0.39 is 11.7 Å². The lowest BCUT2D eigenvalue weighted by atomic mass is 9.92. The number of benzene rings is 2. The fourth-order valence-electron chi connectivity index (χ4n) is 2.84. The van der Waals surface area contributed by atoms with Crippen LogP contribution >= 0.6 is 0 Å². The quantitative estimate of drug-likeness (QED) is 0.693. The Kier molecular flexibility index (Phi) is 2.85. The lowest BCUT2D eigenvalue weighted by Crippen LogP contribution is -2.06. The summed E-state index contributed by atoms with van der Waals surface area (Å²) in [7, 11) is 0. The van der Waals surface area contributed by atoms with Gasteiger partial charge in [-0.1, -0.05) is 42.5 Å². The molecule has 0 saturated carbocycles. The molecule has 0 N–H and O–H groups in total. The van der Waals surface area contributed by atoms with Gasteiger partial charge in [-0.05, 0) is 35.6 Å². The van der Waals surface area contributed by atoms with E-state index in [9.17, 15) is 13.2 Å². The van der Waals surface area contributed by atoms with Crippen LogP contribution in [0.5, 0.6) is 0 Å². The summed E-state index contributed by atoms with van der Waals surface area (Å²) in [5.74, 6) is 0.0958. The lowest BCUT2D eigenvalue weighted by molar-refractivity contribution is -0.137. The van der Waals surface area contributed by atoms with Crippen molar-refractivity contribution in [3.05, 3.63) is 70.8 Å². The van der Waals surface area contributed by atoms with Gasteiger partial charge < -0.3 is 0 Å². The maximum Gasteiger partial charge on any atom is 0.416 e. The van der Waals surface area contributed by atoms with Crippen molar-refractivity contribution in [1.82, 2.24) is 0 Å². The Hall–Kier alpha value is -1.77. The summed E-state index contributed by atoms with van der Waals surface area (Å²) in [6.45, 7) is 0. The molecule has 0 heterocycles. The van der Waals surface area contributed by atoms with Crippen LogP contribution in [0, 0.1) is 0 Å². The first-order chi connectivity index (χ1) is 9.05. The van der Waals surface area contributed by atoms with Gasteiger partial charge in [-0.25, -0.2) is 0 Å². The Labute approximate surface area is 109 Å². The average Bonchev–Trinajstić information content (AvgIpc) is 2.82. The van der Waals surface area contributed by atoms with Gasteiger partial charge in [0.15, 0.2) is 0 Å². The molecule has 0 amide bonds. The fraction of sp³-hybridized carbons (Fsp3) is 0.250. The van der Waals surface area contributed by atoms with E-state index in [1.54, 1.807) is 6.07 Å². The molecule has 1 unspecified atom stereocenters. The molecular weight excluding hydrogens is 249 g/mol. The second-order valence-electron chi connectivity index (χ2n) is 4.91. The van der Waals surface area contributed by atoms with Gasteiger partial charge in [-0.15, -0.1) is 0 Å². The highest BCUT2D eigenvalue weighted by Gasteiger charge is 2.32. The van der Waals surface area contributed by atoms with Crippen molar-refractivity contribution in [2.75, 3.05) is 0 Å². The molecule has 0 spiro atoms. The number of rotatable bonds is 1. The summed E-state index contributed by atoms with van der Waals surface area (Å²) >= 11 is 0. The van der Waals surface area contributed by atoms with Gasteiger partial charge >= 0.3 is 6.18 Å². The van der Waals surface area contributed by atoms with Crippen LogP contribution in [0.15, 0.2) is 48.5 Å². The Morgan fingerprint density at radius 3 is 2.53 bits per heavy atom. The Balaban J connectivity index is 2.01. The SMILES string of the molecule is FC(F)(F)c1cccc(C2CCc3ccccc32)c1. The standard InChI is InChI=1S/C16H13F3/c17-16(18,19)13-6-3-5-12(10-13)15-9-8-11-4-1-2-7-14(11)15/h1-7,10,15H,8-9H2. The van der Waals surface area contributed by atoms with Gasteiger partial charge in [-0.2, -0.15) is 13.2 Å². The predicted octanol–water partition coefficient (Wildman–Crippen LogP) is 4.78. The largest absolute Gasteiger partial charge is 0.416 e. The van der Waals surface area contributed by atoms with Crippen LogP contribution in [-0.2, 0) is 12.6 Å². The molecule has 0 fully saturated rings. The zero-order valence-corrected chi connectivity index (χ0v) is 10.2. The van der Waals surface area contributed by atoms with E-state index in [1.807, 2.05) is 18.2 Å². The first-order valence-electron chi connectivity index (χ1n) is 6.30. The van der Waals surface area contributed by atoms with Crippen LogP contribution in [0.4, 0.5) is 13.2 Å². The van der Waals surface area contributed by atoms with Crippen LogP contribution < -0.4 is 0 Å². The smallest absolute Gasteiger partial charge is 0.166 e. The Morgan fingerprint density at radius 1 is 0.947 bits per heavy atom. The normalized spacial score (nSPS) is 18.4. The minimum atomic E-state index is -4.27. The topological polar surface area (TPSA) is 0 Å². The van der Waals surface area contributed by atoms with Crippen molar-refractivity contribution in [2.24, 2.45) is 0 Å². The summed E-state index contributed by atoms with van der Waals surface area (Å²) in [5, 5.41) is 0. The van der Waals surface area contributed by atoms with E-state index in [1.165, 1.54) is 23.3 Å². The summed E-state index contributed by atoms with van der Waals surface area (Å²) in [5.41, 5.74) is 2.63. The maximum absolute atomic E-state index is 12.8. The van der Waals surface area contributed by atoms with Crippen LogP contribution in [0.3, 0.4) is 0 Å². The molecule has 19 heavy (non-hydrogen) atoms. The molecule has 0 saturated heterocycles. The molecule has 1 atom stereocenters. The summed E-state index contributed by atoms with van der Waals surface area (Å²) in [6.07, 6.45) is -2.44. The summed E-state index contributed by atoms with van der Waals surface area (Å²) in [4.78, 5) is 0. The average molecular weight is 262 g/mol. The molecule has 0 radical (unpaired) electrons. The van der Waals surface area contributed by atoms with E-state index in [4.69, 9.17) is 0 Å². The number of alkyl halides is 3.